The normalized spacial score (nSPS) is 12.5. The van der Waals surface area contributed by atoms with Gasteiger partial charge in [0.05, 0.1) is 0 Å². The van der Waals surface area contributed by atoms with Gasteiger partial charge in [0.1, 0.15) is 0 Å². The molecule has 0 radical (unpaired) electrons. The average molecular weight is 223 g/mol. The lowest BCUT2D eigenvalue weighted by Crippen LogP contribution is -2.31. The molecule has 1 atom stereocenters. The monoisotopic (exact) mass is 223 g/mol. The molecule has 0 aliphatic heterocycles. The van der Waals surface area contributed by atoms with Gasteiger partial charge < -0.3 is 16.2 Å². The zero-order chi connectivity index (χ0) is 12.1. The largest absolute Gasteiger partial charge is 0.504 e. The van der Waals surface area contributed by atoms with E-state index in [0.29, 0.717) is 0 Å². The van der Waals surface area contributed by atoms with Crippen molar-refractivity contribution in [3.05, 3.63) is 18.3 Å². The zero-order valence-corrected chi connectivity index (χ0v) is 9.47. The van der Waals surface area contributed by atoms with E-state index in [2.05, 4.69) is 10.3 Å². The number of pyridine rings is 1. The summed E-state index contributed by atoms with van der Waals surface area (Å²) in [4.78, 5) is 15.4. The summed E-state index contributed by atoms with van der Waals surface area (Å²) in [7, 11) is 0. The fraction of sp³-hybridized carbons (Fsp3) is 0.455. The van der Waals surface area contributed by atoms with Gasteiger partial charge in [-0.3, -0.25) is 4.79 Å². The zero-order valence-electron chi connectivity index (χ0n) is 9.47. The predicted octanol–water partition coefficient (Wildman–Crippen LogP) is 1.10. The number of nitrogens with two attached hydrogens (primary N) is 1. The Balaban J connectivity index is 2.55. The average Bonchev–Trinajstić information content (AvgIpc) is 2.21. The van der Waals surface area contributed by atoms with E-state index < -0.39 is 0 Å². The quantitative estimate of drug-likeness (QED) is 0.713. The molecular weight excluding hydrogens is 206 g/mol. The molecule has 4 N–H and O–H groups in total. The fourth-order valence-corrected chi connectivity index (χ4v) is 1.13. The number of nitrogens with zero attached hydrogens (tertiary/aromatic N) is 1. The summed E-state index contributed by atoms with van der Waals surface area (Å²) >= 11 is 0. The standard InChI is InChI=1S/C11H17N3O2/c1-7(2)8(12)6-10(16)14-11-9(15)4-3-5-13-11/h3-5,7-8,15H,6,12H2,1-2H3,(H,13,14,16). The van der Waals surface area contributed by atoms with Crippen LogP contribution in [-0.4, -0.2) is 22.0 Å². The summed E-state index contributed by atoms with van der Waals surface area (Å²) in [6.07, 6.45) is 1.71. The van der Waals surface area contributed by atoms with Crippen LogP contribution < -0.4 is 11.1 Å². The molecule has 1 amide bonds. The first kappa shape index (κ1) is 12.4. The van der Waals surface area contributed by atoms with Crippen LogP contribution in [-0.2, 0) is 4.79 Å². The molecule has 0 fully saturated rings. The molecule has 1 heterocycles. The predicted molar refractivity (Wildman–Crippen MR) is 62.0 cm³/mol. The van der Waals surface area contributed by atoms with Gasteiger partial charge in [0.15, 0.2) is 11.6 Å². The van der Waals surface area contributed by atoms with Crippen molar-refractivity contribution < 1.29 is 9.90 Å². The van der Waals surface area contributed by atoms with E-state index in [9.17, 15) is 9.90 Å². The number of aromatic hydroxyl groups is 1. The third-order valence-corrected chi connectivity index (χ3v) is 2.32. The number of aromatic nitrogens is 1. The van der Waals surface area contributed by atoms with Crippen molar-refractivity contribution in [1.82, 2.24) is 4.98 Å². The molecule has 1 rings (SSSR count). The summed E-state index contributed by atoms with van der Waals surface area (Å²) in [5.41, 5.74) is 5.77. The lowest BCUT2D eigenvalue weighted by Gasteiger charge is -2.14. The number of rotatable bonds is 4. The van der Waals surface area contributed by atoms with Crippen LogP contribution in [0.2, 0.25) is 0 Å². The molecule has 0 aromatic carbocycles. The van der Waals surface area contributed by atoms with E-state index >= 15 is 0 Å². The van der Waals surface area contributed by atoms with Gasteiger partial charge in [-0.05, 0) is 18.1 Å². The third kappa shape index (κ3) is 3.51. The summed E-state index contributed by atoms with van der Waals surface area (Å²) in [6, 6.07) is 2.86. The van der Waals surface area contributed by atoms with E-state index in [-0.39, 0.29) is 35.9 Å². The van der Waals surface area contributed by atoms with E-state index in [4.69, 9.17) is 5.73 Å². The first-order valence-electron chi connectivity index (χ1n) is 5.20. The second-order valence-corrected chi connectivity index (χ2v) is 4.03. The first-order valence-corrected chi connectivity index (χ1v) is 5.20. The van der Waals surface area contributed by atoms with Crippen molar-refractivity contribution in [2.24, 2.45) is 11.7 Å². The van der Waals surface area contributed by atoms with Gasteiger partial charge in [0.25, 0.3) is 0 Å². The van der Waals surface area contributed by atoms with Crippen molar-refractivity contribution in [2.45, 2.75) is 26.3 Å². The summed E-state index contributed by atoms with van der Waals surface area (Å²) in [5, 5.41) is 11.9. The molecule has 0 aliphatic carbocycles. The molecule has 0 aliphatic rings. The van der Waals surface area contributed by atoms with Crippen LogP contribution in [0.3, 0.4) is 0 Å². The Morgan fingerprint density at radius 2 is 2.31 bits per heavy atom. The number of carbonyl (C=O) groups excluding carboxylic acids is 1. The molecule has 0 bridgehead atoms. The molecule has 88 valence electrons. The van der Waals surface area contributed by atoms with E-state index in [0.717, 1.165) is 0 Å². The Bertz CT molecular complexity index is 366. The second kappa shape index (κ2) is 5.46. The number of hydrogen-bond acceptors (Lipinski definition) is 4. The van der Waals surface area contributed by atoms with Gasteiger partial charge in [-0.15, -0.1) is 0 Å². The smallest absolute Gasteiger partial charge is 0.227 e. The van der Waals surface area contributed by atoms with Gasteiger partial charge >= 0.3 is 0 Å². The molecule has 1 unspecified atom stereocenters. The van der Waals surface area contributed by atoms with Gasteiger partial charge in [0, 0.05) is 18.7 Å². The second-order valence-electron chi connectivity index (χ2n) is 4.03. The van der Waals surface area contributed by atoms with Crippen LogP contribution in [0.1, 0.15) is 20.3 Å². The van der Waals surface area contributed by atoms with Crippen molar-refractivity contribution in [2.75, 3.05) is 5.32 Å². The number of amides is 1. The van der Waals surface area contributed by atoms with Crippen LogP contribution >= 0.6 is 0 Å². The van der Waals surface area contributed by atoms with Gasteiger partial charge in [0.2, 0.25) is 5.91 Å². The Hall–Kier alpha value is -1.62. The highest BCUT2D eigenvalue weighted by atomic mass is 16.3. The van der Waals surface area contributed by atoms with Crippen LogP contribution in [0.25, 0.3) is 0 Å². The Labute approximate surface area is 94.7 Å². The Morgan fingerprint density at radius 1 is 1.62 bits per heavy atom. The summed E-state index contributed by atoms with van der Waals surface area (Å²) in [5.74, 6) is 0.121. The third-order valence-electron chi connectivity index (χ3n) is 2.32. The van der Waals surface area contributed by atoms with Crippen molar-refractivity contribution in [3.8, 4) is 5.75 Å². The van der Waals surface area contributed by atoms with Crippen LogP contribution in [0.4, 0.5) is 5.82 Å². The number of carbonyl (C=O) groups is 1. The highest BCUT2D eigenvalue weighted by Crippen LogP contribution is 2.18. The minimum atomic E-state index is -0.241. The van der Waals surface area contributed by atoms with Crippen LogP contribution in [0.15, 0.2) is 18.3 Å². The molecule has 0 spiro atoms. The maximum Gasteiger partial charge on any atom is 0.227 e. The molecule has 1 aromatic heterocycles. The fourth-order valence-electron chi connectivity index (χ4n) is 1.13. The SMILES string of the molecule is CC(C)C(N)CC(=O)Nc1ncccc1O. The molecular formula is C11H17N3O2. The molecule has 0 saturated heterocycles. The van der Waals surface area contributed by atoms with E-state index in [1.165, 1.54) is 12.3 Å². The van der Waals surface area contributed by atoms with Gasteiger partial charge in [-0.1, -0.05) is 13.8 Å². The number of nitrogens with one attached hydrogen (secondary N) is 1. The molecule has 5 heteroatoms. The van der Waals surface area contributed by atoms with Crippen LogP contribution in [0, 0.1) is 5.92 Å². The number of anilines is 1. The van der Waals surface area contributed by atoms with Gasteiger partial charge in [-0.2, -0.15) is 0 Å². The summed E-state index contributed by atoms with van der Waals surface area (Å²) < 4.78 is 0. The summed E-state index contributed by atoms with van der Waals surface area (Å²) in [6.45, 7) is 3.91. The van der Waals surface area contributed by atoms with Crippen LogP contribution in [0.5, 0.6) is 5.75 Å². The Morgan fingerprint density at radius 3 is 2.88 bits per heavy atom. The topological polar surface area (TPSA) is 88.2 Å². The van der Waals surface area contributed by atoms with Crippen molar-refractivity contribution in [1.29, 1.82) is 0 Å². The Kier molecular flexibility index (Phi) is 4.25. The highest BCUT2D eigenvalue weighted by molar-refractivity contribution is 5.91. The minimum absolute atomic E-state index is 0.0473. The highest BCUT2D eigenvalue weighted by Gasteiger charge is 2.14. The maximum atomic E-state index is 11.5. The molecule has 0 saturated carbocycles. The minimum Gasteiger partial charge on any atom is -0.504 e. The van der Waals surface area contributed by atoms with Crippen molar-refractivity contribution >= 4 is 11.7 Å². The molecule has 1 aromatic rings. The van der Waals surface area contributed by atoms with Gasteiger partial charge in [-0.25, -0.2) is 4.98 Å². The van der Waals surface area contributed by atoms with E-state index in [1.54, 1.807) is 6.07 Å². The molecule has 16 heavy (non-hydrogen) atoms. The maximum absolute atomic E-state index is 11.5. The first-order chi connectivity index (χ1) is 7.50. The number of hydrogen-bond donors (Lipinski definition) is 3. The lowest BCUT2D eigenvalue weighted by molar-refractivity contribution is -0.116. The van der Waals surface area contributed by atoms with E-state index in [1.807, 2.05) is 13.8 Å². The molecule has 5 nitrogen and oxygen atoms in total. The lowest BCUT2D eigenvalue weighted by atomic mass is 10.0. The van der Waals surface area contributed by atoms with Crippen molar-refractivity contribution in [3.63, 3.8) is 0 Å².